The van der Waals surface area contributed by atoms with Gasteiger partial charge in [0, 0.05) is 12.1 Å². The molecule has 138 valence electrons. The quantitative estimate of drug-likeness (QED) is 0.575. The average Bonchev–Trinajstić information content (AvgIpc) is 2.66. The van der Waals surface area contributed by atoms with E-state index in [0.717, 1.165) is 0 Å². The molecule has 0 spiro atoms. The van der Waals surface area contributed by atoms with Gasteiger partial charge in [-0.05, 0) is 18.2 Å². The number of carbonyl (C=O) groups is 1. The van der Waals surface area contributed by atoms with Crippen LogP contribution in [-0.4, -0.2) is 28.1 Å². The van der Waals surface area contributed by atoms with Crippen LogP contribution in [0, 0.1) is 0 Å². The van der Waals surface area contributed by atoms with Crippen LogP contribution in [0.5, 0.6) is 5.88 Å². The van der Waals surface area contributed by atoms with E-state index in [9.17, 15) is 4.79 Å². The zero-order valence-electron chi connectivity index (χ0n) is 14.0. The maximum absolute atomic E-state index is 12.2. The molecule has 3 N–H and O–H groups in total. The summed E-state index contributed by atoms with van der Waals surface area (Å²) in [7, 11) is 1.54. The summed E-state index contributed by atoms with van der Waals surface area (Å²) in [5.74, 6) is 1.26. The highest BCUT2D eigenvalue weighted by atomic mass is 35.5. The molecule has 2 amide bonds. The Kier molecular flexibility index (Phi) is 5.90. The van der Waals surface area contributed by atoms with E-state index in [4.69, 9.17) is 27.9 Å². The second-order valence-corrected chi connectivity index (χ2v) is 5.99. The second-order valence-electron chi connectivity index (χ2n) is 5.18. The first-order valence-corrected chi connectivity index (χ1v) is 8.42. The van der Waals surface area contributed by atoms with Gasteiger partial charge in [-0.2, -0.15) is 0 Å². The molecule has 2 heterocycles. The molecule has 0 fully saturated rings. The topological polar surface area (TPSA) is 101 Å². The number of para-hydroxylation sites is 1. The fraction of sp³-hybridized carbons (Fsp3) is 0.0588. The minimum atomic E-state index is -0.541. The monoisotopic (exact) mass is 404 g/mol. The van der Waals surface area contributed by atoms with Crippen LogP contribution in [0.1, 0.15) is 0 Å². The summed E-state index contributed by atoms with van der Waals surface area (Å²) < 4.78 is 5.01. The maximum atomic E-state index is 12.2. The third-order valence-corrected chi connectivity index (χ3v) is 3.96. The first kappa shape index (κ1) is 18.7. The van der Waals surface area contributed by atoms with Gasteiger partial charge in [0.25, 0.3) is 0 Å². The van der Waals surface area contributed by atoms with Gasteiger partial charge in [-0.3, -0.25) is 5.32 Å². The molecular formula is C17H14Cl2N6O2. The molecular weight excluding hydrogens is 391 g/mol. The third kappa shape index (κ3) is 4.96. The Hall–Kier alpha value is -3.10. The van der Waals surface area contributed by atoms with Crippen LogP contribution < -0.4 is 20.7 Å². The Bertz CT molecular complexity index is 932. The smallest absolute Gasteiger partial charge is 0.324 e. The number of amides is 2. The minimum absolute atomic E-state index is 0.287. The van der Waals surface area contributed by atoms with Crippen molar-refractivity contribution in [2.45, 2.75) is 0 Å². The van der Waals surface area contributed by atoms with E-state index >= 15 is 0 Å². The van der Waals surface area contributed by atoms with Crippen LogP contribution in [0.25, 0.3) is 0 Å². The zero-order valence-corrected chi connectivity index (χ0v) is 15.5. The lowest BCUT2D eigenvalue weighted by atomic mass is 10.3. The van der Waals surface area contributed by atoms with Crippen LogP contribution in [-0.2, 0) is 0 Å². The number of hydrogen-bond donors (Lipinski definition) is 3. The first-order valence-electron chi connectivity index (χ1n) is 7.66. The number of aromatic nitrogens is 3. The van der Waals surface area contributed by atoms with Gasteiger partial charge < -0.3 is 15.4 Å². The van der Waals surface area contributed by atoms with Gasteiger partial charge in [-0.25, -0.2) is 19.7 Å². The molecule has 0 saturated heterocycles. The van der Waals surface area contributed by atoms with E-state index in [-0.39, 0.29) is 5.82 Å². The molecule has 10 heteroatoms. The molecule has 0 aliphatic carbocycles. The Morgan fingerprint density at radius 2 is 1.74 bits per heavy atom. The molecule has 0 aliphatic heterocycles. The van der Waals surface area contributed by atoms with Gasteiger partial charge in [0.05, 0.1) is 34.7 Å². The summed E-state index contributed by atoms with van der Waals surface area (Å²) in [4.78, 5) is 24.4. The van der Waals surface area contributed by atoms with Crippen molar-refractivity contribution in [3.8, 4) is 5.88 Å². The molecule has 27 heavy (non-hydrogen) atoms. The number of rotatable bonds is 5. The Morgan fingerprint density at radius 3 is 2.41 bits per heavy atom. The Balaban J connectivity index is 1.67. The third-order valence-electron chi connectivity index (χ3n) is 3.33. The average molecular weight is 405 g/mol. The second kappa shape index (κ2) is 8.52. The van der Waals surface area contributed by atoms with Crippen molar-refractivity contribution in [1.29, 1.82) is 0 Å². The van der Waals surface area contributed by atoms with Crippen molar-refractivity contribution >= 4 is 52.2 Å². The van der Waals surface area contributed by atoms with Crippen molar-refractivity contribution in [1.82, 2.24) is 15.0 Å². The number of halogens is 2. The summed E-state index contributed by atoms with van der Waals surface area (Å²) in [6.45, 7) is 0. The summed E-state index contributed by atoms with van der Waals surface area (Å²) in [5, 5.41) is 8.90. The molecule has 0 atom stereocenters. The van der Waals surface area contributed by atoms with Crippen molar-refractivity contribution in [2.75, 3.05) is 23.1 Å². The van der Waals surface area contributed by atoms with Gasteiger partial charge in [-0.1, -0.05) is 29.3 Å². The Morgan fingerprint density at radius 1 is 1.00 bits per heavy atom. The van der Waals surface area contributed by atoms with Crippen LogP contribution >= 0.6 is 23.2 Å². The normalized spacial score (nSPS) is 10.2. The number of carbonyl (C=O) groups excluding carboxylic acids is 1. The fourth-order valence-electron chi connectivity index (χ4n) is 2.10. The molecule has 0 saturated carbocycles. The molecule has 0 unspecified atom stereocenters. The molecule has 0 aliphatic rings. The number of pyridine rings is 1. The van der Waals surface area contributed by atoms with Gasteiger partial charge in [0.1, 0.15) is 18.0 Å². The highest BCUT2D eigenvalue weighted by Crippen LogP contribution is 2.29. The number of ether oxygens (including phenoxy) is 1. The fourth-order valence-corrected chi connectivity index (χ4v) is 2.59. The van der Waals surface area contributed by atoms with Gasteiger partial charge in [-0.15, -0.1) is 0 Å². The van der Waals surface area contributed by atoms with Crippen LogP contribution in [0.15, 0.2) is 48.9 Å². The highest BCUT2D eigenvalue weighted by Gasteiger charge is 2.10. The summed E-state index contributed by atoms with van der Waals surface area (Å²) in [6, 6.07) is 9.46. The van der Waals surface area contributed by atoms with Gasteiger partial charge in [0.2, 0.25) is 5.88 Å². The number of nitrogens with zero attached hydrogens (tertiary/aromatic N) is 3. The molecule has 2 aromatic heterocycles. The number of nitrogens with one attached hydrogen (secondary N) is 3. The van der Waals surface area contributed by atoms with Gasteiger partial charge in [0.15, 0.2) is 0 Å². The summed E-state index contributed by atoms with van der Waals surface area (Å²) in [6.07, 6.45) is 2.91. The number of benzene rings is 1. The molecule has 0 radical (unpaired) electrons. The molecule has 8 nitrogen and oxygen atoms in total. The van der Waals surface area contributed by atoms with Crippen LogP contribution in [0.3, 0.4) is 0 Å². The SMILES string of the molecule is COc1ccc(Nc2cc(NC(=O)Nc3c(Cl)cccc3Cl)ncn2)cn1. The number of urea groups is 1. The van der Waals surface area contributed by atoms with Crippen molar-refractivity contribution in [3.05, 3.63) is 59.0 Å². The standard InChI is InChI=1S/C17H14Cl2N6O2/c1-27-15-6-5-10(8-20-15)23-13-7-14(22-9-21-13)24-17(26)25-16-11(18)3-2-4-12(16)19/h2-9H,1H3,(H3,21,22,23,24,25,26). The lowest BCUT2D eigenvalue weighted by molar-refractivity contribution is 0.262. The van der Waals surface area contributed by atoms with E-state index < -0.39 is 6.03 Å². The van der Waals surface area contributed by atoms with E-state index in [1.165, 1.54) is 6.33 Å². The van der Waals surface area contributed by atoms with Crippen molar-refractivity contribution in [2.24, 2.45) is 0 Å². The first-order chi connectivity index (χ1) is 13.0. The van der Waals surface area contributed by atoms with Crippen molar-refractivity contribution in [3.63, 3.8) is 0 Å². The van der Waals surface area contributed by atoms with Crippen molar-refractivity contribution < 1.29 is 9.53 Å². The lowest BCUT2D eigenvalue weighted by Gasteiger charge is -2.11. The van der Waals surface area contributed by atoms with Crippen LogP contribution in [0.2, 0.25) is 10.0 Å². The molecule has 1 aromatic carbocycles. The number of hydrogen-bond acceptors (Lipinski definition) is 6. The van der Waals surface area contributed by atoms with Crippen LogP contribution in [0.4, 0.5) is 27.8 Å². The zero-order chi connectivity index (χ0) is 19.2. The van der Waals surface area contributed by atoms with Gasteiger partial charge >= 0.3 is 6.03 Å². The lowest BCUT2D eigenvalue weighted by Crippen LogP contribution is -2.20. The predicted molar refractivity (Wildman–Crippen MR) is 105 cm³/mol. The molecule has 3 aromatic rings. The maximum Gasteiger partial charge on any atom is 0.324 e. The largest absolute Gasteiger partial charge is 0.481 e. The van der Waals surface area contributed by atoms with E-state index in [0.29, 0.717) is 33.1 Å². The summed E-state index contributed by atoms with van der Waals surface area (Å²) >= 11 is 12.1. The number of methoxy groups -OCH3 is 1. The Labute approximate surface area is 164 Å². The number of anilines is 4. The predicted octanol–water partition coefficient (Wildman–Crippen LogP) is 4.57. The minimum Gasteiger partial charge on any atom is -0.481 e. The molecule has 3 rings (SSSR count). The van der Waals surface area contributed by atoms with E-state index in [1.807, 2.05) is 0 Å². The van der Waals surface area contributed by atoms with E-state index in [2.05, 4.69) is 30.9 Å². The molecule has 0 bridgehead atoms. The van der Waals surface area contributed by atoms with E-state index in [1.54, 1.807) is 49.7 Å². The summed E-state index contributed by atoms with van der Waals surface area (Å²) in [5.41, 5.74) is 1.02. The highest BCUT2D eigenvalue weighted by molar-refractivity contribution is 6.39.